The van der Waals surface area contributed by atoms with Gasteiger partial charge in [-0.1, -0.05) is 23.7 Å². The SMILES string of the molecule is CSCCN(CCNC(=O)OC(C)(C)C)C(C)c1cccc(Cl)c1F. The third-order valence-corrected chi connectivity index (χ3v) is 4.51. The van der Waals surface area contributed by atoms with E-state index < -0.39 is 11.7 Å². The predicted molar refractivity (Wildman–Crippen MR) is 104 cm³/mol. The van der Waals surface area contributed by atoms with E-state index in [2.05, 4.69) is 10.2 Å². The molecule has 0 aliphatic rings. The summed E-state index contributed by atoms with van der Waals surface area (Å²) in [4.78, 5) is 13.9. The van der Waals surface area contributed by atoms with Gasteiger partial charge < -0.3 is 10.1 Å². The van der Waals surface area contributed by atoms with E-state index in [-0.39, 0.29) is 16.9 Å². The van der Waals surface area contributed by atoms with Crippen LogP contribution in [-0.2, 0) is 4.74 Å². The van der Waals surface area contributed by atoms with Gasteiger partial charge in [0.1, 0.15) is 11.4 Å². The average molecular weight is 391 g/mol. The zero-order valence-corrected chi connectivity index (χ0v) is 17.1. The zero-order valence-electron chi connectivity index (χ0n) is 15.6. The Morgan fingerprint density at radius 1 is 1.40 bits per heavy atom. The van der Waals surface area contributed by atoms with Crippen LogP contribution in [0.5, 0.6) is 0 Å². The van der Waals surface area contributed by atoms with E-state index in [1.54, 1.807) is 30.0 Å². The number of carbonyl (C=O) groups excluding carboxylic acids is 1. The molecule has 1 aromatic carbocycles. The van der Waals surface area contributed by atoms with E-state index in [1.807, 2.05) is 34.0 Å². The molecular formula is C18H28ClFN2O2S. The highest BCUT2D eigenvalue weighted by Crippen LogP contribution is 2.27. The molecule has 4 nitrogen and oxygen atoms in total. The fourth-order valence-corrected chi connectivity index (χ4v) is 2.96. The summed E-state index contributed by atoms with van der Waals surface area (Å²) in [5.41, 5.74) is 0.0330. The summed E-state index contributed by atoms with van der Waals surface area (Å²) in [7, 11) is 0. The van der Waals surface area contributed by atoms with Gasteiger partial charge in [0.15, 0.2) is 0 Å². The Kier molecular flexibility index (Phi) is 9.03. The Morgan fingerprint density at radius 3 is 2.68 bits per heavy atom. The molecule has 1 atom stereocenters. The van der Waals surface area contributed by atoms with E-state index in [9.17, 15) is 9.18 Å². The van der Waals surface area contributed by atoms with Gasteiger partial charge >= 0.3 is 6.09 Å². The highest BCUT2D eigenvalue weighted by Gasteiger charge is 2.21. The molecule has 0 bridgehead atoms. The monoisotopic (exact) mass is 390 g/mol. The maximum atomic E-state index is 14.3. The molecule has 0 spiro atoms. The molecule has 0 aromatic heterocycles. The zero-order chi connectivity index (χ0) is 19.0. The Hall–Kier alpha value is -0.980. The lowest BCUT2D eigenvalue weighted by Crippen LogP contribution is -2.39. The van der Waals surface area contributed by atoms with Crippen molar-refractivity contribution < 1.29 is 13.9 Å². The van der Waals surface area contributed by atoms with Gasteiger partial charge in [-0.05, 0) is 40.0 Å². The van der Waals surface area contributed by atoms with Gasteiger partial charge in [-0.2, -0.15) is 11.8 Å². The number of nitrogens with one attached hydrogen (secondary N) is 1. The number of ether oxygens (including phenoxy) is 1. The first-order valence-electron chi connectivity index (χ1n) is 8.29. The Bertz CT molecular complexity index is 566. The molecule has 1 aromatic rings. The smallest absolute Gasteiger partial charge is 0.407 e. The number of hydrogen-bond acceptors (Lipinski definition) is 4. The molecule has 1 rings (SSSR count). The van der Waals surface area contributed by atoms with Crippen LogP contribution in [0.3, 0.4) is 0 Å². The number of nitrogens with zero attached hydrogens (tertiary/aromatic N) is 1. The highest BCUT2D eigenvalue weighted by molar-refractivity contribution is 7.98. The number of alkyl carbamates (subject to hydrolysis) is 1. The summed E-state index contributed by atoms with van der Waals surface area (Å²) < 4.78 is 19.5. The predicted octanol–water partition coefficient (Wildman–Crippen LogP) is 4.73. The summed E-state index contributed by atoms with van der Waals surface area (Å²) in [6.45, 7) is 9.21. The van der Waals surface area contributed by atoms with Crippen molar-refractivity contribution in [2.24, 2.45) is 0 Å². The van der Waals surface area contributed by atoms with Crippen LogP contribution >= 0.6 is 23.4 Å². The number of carbonyl (C=O) groups is 1. The van der Waals surface area contributed by atoms with E-state index >= 15 is 0 Å². The Labute approximate surface area is 159 Å². The summed E-state index contributed by atoms with van der Waals surface area (Å²) in [6.07, 6.45) is 1.58. The van der Waals surface area contributed by atoms with Crippen molar-refractivity contribution in [2.45, 2.75) is 39.3 Å². The minimum absolute atomic E-state index is 0.126. The summed E-state index contributed by atoms with van der Waals surface area (Å²) in [6, 6.07) is 4.90. The Morgan fingerprint density at radius 2 is 2.08 bits per heavy atom. The molecule has 7 heteroatoms. The van der Waals surface area contributed by atoms with Gasteiger partial charge in [0.05, 0.1) is 5.02 Å². The second kappa shape index (κ2) is 10.2. The minimum atomic E-state index is -0.528. The first-order valence-corrected chi connectivity index (χ1v) is 10.1. The van der Waals surface area contributed by atoms with E-state index in [0.717, 1.165) is 12.3 Å². The number of benzene rings is 1. The van der Waals surface area contributed by atoms with E-state index in [4.69, 9.17) is 16.3 Å². The third kappa shape index (κ3) is 7.84. The molecule has 0 aliphatic heterocycles. The molecular weight excluding hydrogens is 363 g/mol. The van der Waals surface area contributed by atoms with Crippen LogP contribution in [0.25, 0.3) is 0 Å². The fraction of sp³-hybridized carbons (Fsp3) is 0.611. The standard InChI is InChI=1S/C18H28ClFN2O2S/c1-13(14-7-6-8-15(19)16(14)20)22(11-12-25-5)10-9-21-17(23)24-18(2,3)4/h6-8,13H,9-12H2,1-5H3,(H,21,23). The van der Waals surface area contributed by atoms with Gasteiger partial charge in [0.25, 0.3) is 0 Å². The van der Waals surface area contributed by atoms with Crippen LogP contribution in [0, 0.1) is 5.82 Å². The van der Waals surface area contributed by atoms with Crippen LogP contribution in [0.1, 0.15) is 39.3 Å². The summed E-state index contributed by atoms with van der Waals surface area (Å²) in [5.74, 6) is 0.532. The van der Waals surface area contributed by atoms with E-state index in [0.29, 0.717) is 18.7 Å². The van der Waals surface area contributed by atoms with Crippen molar-refractivity contribution in [1.29, 1.82) is 0 Å². The van der Waals surface area contributed by atoms with Gasteiger partial charge in [-0.25, -0.2) is 9.18 Å². The molecule has 0 saturated carbocycles. The first kappa shape index (κ1) is 22.1. The molecule has 0 aliphatic carbocycles. The number of thioether (sulfide) groups is 1. The molecule has 1 amide bonds. The van der Waals surface area contributed by atoms with Gasteiger partial charge in [0.2, 0.25) is 0 Å². The molecule has 25 heavy (non-hydrogen) atoms. The Balaban J connectivity index is 2.70. The van der Waals surface area contributed by atoms with Gasteiger partial charge in [0, 0.05) is 37.0 Å². The lowest BCUT2D eigenvalue weighted by Gasteiger charge is -2.30. The van der Waals surface area contributed by atoms with Crippen LogP contribution in [0.4, 0.5) is 9.18 Å². The number of hydrogen-bond donors (Lipinski definition) is 1. The van der Waals surface area contributed by atoms with Gasteiger partial charge in [-0.15, -0.1) is 0 Å². The fourth-order valence-electron chi connectivity index (χ4n) is 2.36. The first-order chi connectivity index (χ1) is 11.7. The third-order valence-electron chi connectivity index (χ3n) is 3.63. The molecule has 0 heterocycles. The minimum Gasteiger partial charge on any atom is -0.444 e. The number of halogens is 2. The molecule has 142 valence electrons. The second-order valence-corrected chi connectivity index (χ2v) is 8.17. The largest absolute Gasteiger partial charge is 0.444 e. The number of amides is 1. The quantitative estimate of drug-likeness (QED) is 0.696. The maximum absolute atomic E-state index is 14.3. The topological polar surface area (TPSA) is 41.6 Å². The van der Waals surface area contributed by atoms with Crippen molar-refractivity contribution >= 4 is 29.5 Å². The summed E-state index contributed by atoms with van der Waals surface area (Å²) in [5, 5.41) is 2.87. The summed E-state index contributed by atoms with van der Waals surface area (Å²) >= 11 is 7.63. The molecule has 0 radical (unpaired) electrons. The van der Waals surface area contributed by atoms with Gasteiger partial charge in [-0.3, -0.25) is 4.90 Å². The molecule has 0 fully saturated rings. The van der Waals surface area contributed by atoms with Crippen LogP contribution in [0.15, 0.2) is 18.2 Å². The molecule has 1 N–H and O–H groups in total. The second-order valence-electron chi connectivity index (χ2n) is 6.78. The van der Waals surface area contributed by atoms with Crippen LogP contribution in [0.2, 0.25) is 5.02 Å². The van der Waals surface area contributed by atoms with Crippen LogP contribution in [-0.4, -0.2) is 48.2 Å². The highest BCUT2D eigenvalue weighted by atomic mass is 35.5. The average Bonchev–Trinajstić information content (AvgIpc) is 2.51. The van der Waals surface area contributed by atoms with Crippen molar-refractivity contribution in [2.75, 3.05) is 31.6 Å². The van der Waals surface area contributed by atoms with Crippen molar-refractivity contribution in [3.05, 3.63) is 34.6 Å². The lowest BCUT2D eigenvalue weighted by atomic mass is 10.1. The number of rotatable bonds is 8. The van der Waals surface area contributed by atoms with Crippen molar-refractivity contribution in [3.8, 4) is 0 Å². The molecule has 0 saturated heterocycles. The van der Waals surface area contributed by atoms with Crippen molar-refractivity contribution in [3.63, 3.8) is 0 Å². The van der Waals surface area contributed by atoms with Crippen molar-refractivity contribution in [1.82, 2.24) is 10.2 Å². The van der Waals surface area contributed by atoms with Crippen LogP contribution < -0.4 is 5.32 Å². The maximum Gasteiger partial charge on any atom is 0.407 e. The van der Waals surface area contributed by atoms with E-state index in [1.165, 1.54) is 0 Å². The lowest BCUT2D eigenvalue weighted by molar-refractivity contribution is 0.0519. The molecule has 1 unspecified atom stereocenters. The normalized spacial score (nSPS) is 13.0.